The third-order valence-corrected chi connectivity index (χ3v) is 3.14. The topological polar surface area (TPSA) is 29.5 Å². The van der Waals surface area contributed by atoms with Gasteiger partial charge in [0.15, 0.2) is 0 Å². The Morgan fingerprint density at radius 1 is 1.38 bits per heavy atom. The van der Waals surface area contributed by atoms with Gasteiger partial charge in [-0.15, -0.1) is 0 Å². The van der Waals surface area contributed by atoms with Crippen molar-refractivity contribution in [2.75, 3.05) is 13.1 Å². The fourth-order valence-electron chi connectivity index (χ4n) is 2.22. The Morgan fingerprint density at radius 3 is 2.50 bits per heavy atom. The average molecular weight is 233 g/mol. The maximum Gasteiger partial charge on any atom is 0.410 e. The summed E-state index contributed by atoms with van der Waals surface area (Å²) in [6.07, 6.45) is -0.0923. The Balaban J connectivity index is 1.91. The molecule has 1 aliphatic heterocycles. The number of piperidine rings is 1. The quantitative estimate of drug-likeness (QED) is 0.643. The van der Waals surface area contributed by atoms with E-state index in [0.717, 1.165) is 0 Å². The van der Waals surface area contributed by atoms with Gasteiger partial charge < -0.3 is 9.64 Å². The van der Waals surface area contributed by atoms with E-state index >= 15 is 0 Å². The van der Waals surface area contributed by atoms with Gasteiger partial charge in [-0.2, -0.15) is 0 Å². The van der Waals surface area contributed by atoms with E-state index in [4.69, 9.17) is 4.74 Å². The number of halogens is 2. The average Bonchev–Trinajstić information content (AvgIpc) is 2.66. The van der Waals surface area contributed by atoms with Crippen molar-refractivity contribution >= 4 is 6.09 Å². The Labute approximate surface area is 93.7 Å². The van der Waals surface area contributed by atoms with Crippen LogP contribution in [-0.4, -0.2) is 35.6 Å². The molecule has 2 aliphatic rings. The van der Waals surface area contributed by atoms with Crippen LogP contribution in [0.3, 0.4) is 0 Å². The van der Waals surface area contributed by atoms with Crippen molar-refractivity contribution in [3.8, 4) is 0 Å². The summed E-state index contributed by atoms with van der Waals surface area (Å²) in [5.74, 6) is -3.71. The largest absolute Gasteiger partial charge is 0.444 e. The summed E-state index contributed by atoms with van der Waals surface area (Å²) < 4.78 is 31.3. The highest BCUT2D eigenvalue weighted by Gasteiger charge is 2.69. The summed E-state index contributed by atoms with van der Waals surface area (Å²) in [4.78, 5) is 13.0. The maximum atomic E-state index is 13.1. The molecule has 1 saturated carbocycles. The molecule has 16 heavy (non-hydrogen) atoms. The van der Waals surface area contributed by atoms with Gasteiger partial charge in [-0.3, -0.25) is 0 Å². The van der Waals surface area contributed by atoms with Crippen LogP contribution in [0.4, 0.5) is 13.6 Å². The molecule has 0 aromatic heterocycles. The number of carbonyl (C=O) groups is 1. The maximum absolute atomic E-state index is 13.1. The smallest absolute Gasteiger partial charge is 0.410 e. The zero-order chi connectivity index (χ0) is 12.1. The van der Waals surface area contributed by atoms with Crippen LogP contribution < -0.4 is 0 Å². The van der Waals surface area contributed by atoms with Crippen molar-refractivity contribution in [2.24, 2.45) is 11.8 Å². The molecule has 0 aromatic rings. The standard InChI is InChI=1S/C11H17F2NO2/c1-10(2,3)16-9(15)14-5-4-7-8(6-14)11(7,12)13/h7-8H,4-6H2,1-3H3. The minimum Gasteiger partial charge on any atom is -0.444 e. The number of nitrogens with zero attached hydrogens (tertiary/aromatic N) is 1. The SMILES string of the molecule is CC(C)(C)OC(=O)N1CCC2C(C1)C2(F)F. The van der Waals surface area contributed by atoms with Crippen LogP contribution in [0, 0.1) is 11.8 Å². The normalized spacial score (nSPS) is 31.9. The molecule has 2 atom stereocenters. The Kier molecular flexibility index (Phi) is 2.40. The molecule has 1 heterocycles. The van der Waals surface area contributed by atoms with Crippen LogP contribution in [0.5, 0.6) is 0 Å². The van der Waals surface area contributed by atoms with E-state index in [9.17, 15) is 13.6 Å². The third-order valence-electron chi connectivity index (χ3n) is 3.14. The lowest BCUT2D eigenvalue weighted by Crippen LogP contribution is -2.40. The molecule has 3 nitrogen and oxygen atoms in total. The molecule has 0 radical (unpaired) electrons. The summed E-state index contributed by atoms with van der Waals surface area (Å²) in [6, 6.07) is 0. The molecular weight excluding hydrogens is 216 g/mol. The molecule has 2 fully saturated rings. The van der Waals surface area contributed by atoms with Gasteiger partial charge in [-0.05, 0) is 27.2 Å². The van der Waals surface area contributed by atoms with Gasteiger partial charge in [0, 0.05) is 24.9 Å². The van der Waals surface area contributed by atoms with Gasteiger partial charge in [0.05, 0.1) is 0 Å². The van der Waals surface area contributed by atoms with E-state index in [1.807, 2.05) is 0 Å². The van der Waals surface area contributed by atoms with Crippen molar-refractivity contribution in [3.63, 3.8) is 0 Å². The van der Waals surface area contributed by atoms with Crippen LogP contribution in [0.25, 0.3) is 0 Å². The van der Waals surface area contributed by atoms with E-state index in [1.54, 1.807) is 20.8 Å². The number of fused-ring (bicyclic) bond motifs is 1. The molecule has 1 aliphatic carbocycles. The lowest BCUT2D eigenvalue weighted by Gasteiger charge is -2.29. The van der Waals surface area contributed by atoms with Gasteiger partial charge in [-0.1, -0.05) is 0 Å². The molecule has 0 N–H and O–H groups in total. The Bertz CT molecular complexity index is 312. The summed E-state index contributed by atoms with van der Waals surface area (Å²) in [6.45, 7) is 5.81. The first kappa shape index (κ1) is 11.6. The summed E-state index contributed by atoms with van der Waals surface area (Å²) in [7, 11) is 0. The number of ether oxygens (including phenoxy) is 1. The molecule has 5 heteroatoms. The molecule has 2 unspecified atom stereocenters. The molecule has 0 spiro atoms. The predicted octanol–water partition coefficient (Wildman–Crippen LogP) is 2.51. The second-order valence-corrected chi connectivity index (χ2v) is 5.60. The van der Waals surface area contributed by atoms with E-state index in [1.165, 1.54) is 4.90 Å². The van der Waals surface area contributed by atoms with Gasteiger partial charge in [-0.25, -0.2) is 13.6 Å². The molecule has 0 aromatic carbocycles. The second kappa shape index (κ2) is 3.31. The van der Waals surface area contributed by atoms with Crippen LogP contribution in [0.15, 0.2) is 0 Å². The molecule has 1 saturated heterocycles. The van der Waals surface area contributed by atoms with Crippen LogP contribution in [0.1, 0.15) is 27.2 Å². The fraction of sp³-hybridized carbons (Fsp3) is 0.909. The molecule has 2 rings (SSSR count). The fourth-order valence-corrected chi connectivity index (χ4v) is 2.22. The summed E-state index contributed by atoms with van der Waals surface area (Å²) in [5, 5.41) is 0. The summed E-state index contributed by atoms with van der Waals surface area (Å²) in [5.41, 5.74) is -0.569. The highest BCUT2D eigenvalue weighted by atomic mass is 19.3. The zero-order valence-electron chi connectivity index (χ0n) is 9.80. The first-order chi connectivity index (χ1) is 7.22. The van der Waals surface area contributed by atoms with E-state index in [-0.39, 0.29) is 6.54 Å². The Morgan fingerprint density at radius 2 is 2.00 bits per heavy atom. The Hall–Kier alpha value is -0.870. The summed E-state index contributed by atoms with van der Waals surface area (Å²) >= 11 is 0. The van der Waals surface area contributed by atoms with Crippen molar-refractivity contribution in [2.45, 2.75) is 38.7 Å². The number of alkyl halides is 2. The first-order valence-electron chi connectivity index (χ1n) is 5.57. The van der Waals surface area contributed by atoms with Crippen LogP contribution in [-0.2, 0) is 4.74 Å². The zero-order valence-corrected chi connectivity index (χ0v) is 9.80. The monoisotopic (exact) mass is 233 g/mol. The van der Waals surface area contributed by atoms with E-state index in [0.29, 0.717) is 13.0 Å². The first-order valence-corrected chi connectivity index (χ1v) is 5.57. The van der Waals surface area contributed by atoms with Gasteiger partial charge in [0.25, 0.3) is 5.92 Å². The van der Waals surface area contributed by atoms with E-state index in [2.05, 4.69) is 0 Å². The predicted molar refractivity (Wildman–Crippen MR) is 54.4 cm³/mol. The molecule has 92 valence electrons. The number of likely N-dealkylation sites (tertiary alicyclic amines) is 1. The van der Waals surface area contributed by atoms with E-state index < -0.39 is 29.5 Å². The minimum absolute atomic E-state index is 0.132. The van der Waals surface area contributed by atoms with Crippen molar-refractivity contribution in [3.05, 3.63) is 0 Å². The van der Waals surface area contributed by atoms with Gasteiger partial charge in [0.2, 0.25) is 0 Å². The molecule has 1 amide bonds. The van der Waals surface area contributed by atoms with Gasteiger partial charge in [0.1, 0.15) is 5.60 Å². The number of carbonyl (C=O) groups excluding carboxylic acids is 1. The lowest BCUT2D eigenvalue weighted by atomic mass is 10.1. The molecule has 0 bridgehead atoms. The van der Waals surface area contributed by atoms with Crippen molar-refractivity contribution in [1.82, 2.24) is 4.90 Å². The number of hydrogen-bond acceptors (Lipinski definition) is 2. The highest BCUT2D eigenvalue weighted by molar-refractivity contribution is 5.68. The van der Waals surface area contributed by atoms with Crippen LogP contribution >= 0.6 is 0 Å². The van der Waals surface area contributed by atoms with Crippen molar-refractivity contribution in [1.29, 1.82) is 0 Å². The lowest BCUT2D eigenvalue weighted by molar-refractivity contribution is 0.0199. The number of amides is 1. The van der Waals surface area contributed by atoms with Crippen LogP contribution in [0.2, 0.25) is 0 Å². The third kappa shape index (κ3) is 1.99. The van der Waals surface area contributed by atoms with Crippen molar-refractivity contribution < 1.29 is 18.3 Å². The highest BCUT2D eigenvalue weighted by Crippen LogP contribution is 2.59. The molecular formula is C11H17F2NO2. The second-order valence-electron chi connectivity index (χ2n) is 5.60. The minimum atomic E-state index is -2.56. The number of rotatable bonds is 0. The van der Waals surface area contributed by atoms with Gasteiger partial charge >= 0.3 is 6.09 Å². The number of hydrogen-bond donors (Lipinski definition) is 0.